The molecule has 0 unspecified atom stereocenters. The Labute approximate surface area is 135 Å². The van der Waals surface area contributed by atoms with Gasteiger partial charge in [0.25, 0.3) is 5.69 Å². The fourth-order valence-electron chi connectivity index (χ4n) is 2.07. The number of halogens is 1. The summed E-state index contributed by atoms with van der Waals surface area (Å²) in [7, 11) is 0. The Balaban J connectivity index is 0.00000242. The number of carbonyl (C=O) groups is 1. The molecule has 1 aliphatic rings. The maximum absolute atomic E-state index is 11.8. The van der Waals surface area contributed by atoms with Crippen molar-refractivity contribution >= 4 is 30.0 Å². The third-order valence-corrected chi connectivity index (χ3v) is 3.34. The standard InChI is InChI=1S/C15H18N2O4.ClH/c18-15(7-8-16-9-11-21-12-10-16)6-3-13-1-4-14(5-2-13)17(19)20;/h1-6H,7-12H2;1H/b6-3+;. The van der Waals surface area contributed by atoms with E-state index in [2.05, 4.69) is 4.90 Å². The molecule has 120 valence electrons. The maximum Gasteiger partial charge on any atom is 0.269 e. The van der Waals surface area contributed by atoms with E-state index in [0.29, 0.717) is 6.42 Å². The normalized spacial score (nSPS) is 15.5. The van der Waals surface area contributed by atoms with Gasteiger partial charge in [0, 0.05) is 38.2 Å². The van der Waals surface area contributed by atoms with Crippen LogP contribution >= 0.6 is 12.4 Å². The van der Waals surface area contributed by atoms with E-state index < -0.39 is 4.92 Å². The van der Waals surface area contributed by atoms with Crippen LogP contribution in [0.1, 0.15) is 12.0 Å². The summed E-state index contributed by atoms with van der Waals surface area (Å²) in [5.74, 6) is 0.0554. The molecular formula is C15H19ClN2O4. The molecule has 0 aromatic heterocycles. The van der Waals surface area contributed by atoms with Gasteiger partial charge >= 0.3 is 0 Å². The number of non-ortho nitro benzene ring substituents is 1. The molecule has 1 fully saturated rings. The van der Waals surface area contributed by atoms with E-state index in [9.17, 15) is 14.9 Å². The van der Waals surface area contributed by atoms with E-state index in [0.717, 1.165) is 38.4 Å². The van der Waals surface area contributed by atoms with Gasteiger partial charge in [-0.2, -0.15) is 0 Å². The fourth-order valence-corrected chi connectivity index (χ4v) is 2.07. The Morgan fingerprint density at radius 1 is 1.27 bits per heavy atom. The van der Waals surface area contributed by atoms with Crippen LogP contribution in [0.3, 0.4) is 0 Å². The molecule has 0 spiro atoms. The summed E-state index contributed by atoms with van der Waals surface area (Å²) in [5, 5.41) is 10.5. The Morgan fingerprint density at radius 2 is 1.91 bits per heavy atom. The molecular weight excluding hydrogens is 308 g/mol. The highest BCUT2D eigenvalue weighted by Crippen LogP contribution is 2.13. The van der Waals surface area contributed by atoms with Crippen LogP contribution in [-0.2, 0) is 9.53 Å². The van der Waals surface area contributed by atoms with Crippen molar-refractivity contribution in [3.8, 4) is 0 Å². The molecule has 0 bridgehead atoms. The van der Waals surface area contributed by atoms with E-state index in [1.165, 1.54) is 18.2 Å². The number of morpholine rings is 1. The van der Waals surface area contributed by atoms with Gasteiger partial charge in [-0.25, -0.2) is 0 Å². The van der Waals surface area contributed by atoms with E-state index in [1.807, 2.05) is 0 Å². The van der Waals surface area contributed by atoms with Crippen molar-refractivity contribution in [3.63, 3.8) is 0 Å². The maximum atomic E-state index is 11.8. The summed E-state index contributed by atoms with van der Waals surface area (Å²) >= 11 is 0. The van der Waals surface area contributed by atoms with Crippen molar-refractivity contribution in [1.82, 2.24) is 4.90 Å². The number of carbonyl (C=O) groups excluding carboxylic acids is 1. The number of benzene rings is 1. The van der Waals surface area contributed by atoms with Crippen LogP contribution in [0.15, 0.2) is 30.3 Å². The van der Waals surface area contributed by atoms with Gasteiger partial charge in [-0.3, -0.25) is 19.8 Å². The predicted molar refractivity (Wildman–Crippen MR) is 86.3 cm³/mol. The summed E-state index contributed by atoms with van der Waals surface area (Å²) in [5.41, 5.74) is 0.825. The first-order chi connectivity index (χ1) is 10.1. The van der Waals surface area contributed by atoms with E-state index in [1.54, 1.807) is 18.2 Å². The highest BCUT2D eigenvalue weighted by molar-refractivity contribution is 5.93. The third-order valence-electron chi connectivity index (χ3n) is 3.34. The van der Waals surface area contributed by atoms with Gasteiger partial charge in [0.2, 0.25) is 0 Å². The molecule has 0 saturated carbocycles. The molecule has 1 aliphatic heterocycles. The summed E-state index contributed by atoms with van der Waals surface area (Å²) in [6, 6.07) is 6.11. The van der Waals surface area contributed by atoms with Crippen molar-refractivity contribution in [2.24, 2.45) is 0 Å². The minimum Gasteiger partial charge on any atom is -0.379 e. The molecule has 2 rings (SSSR count). The number of nitro groups is 1. The first-order valence-corrected chi connectivity index (χ1v) is 6.90. The zero-order chi connectivity index (χ0) is 15.1. The molecule has 22 heavy (non-hydrogen) atoms. The van der Waals surface area contributed by atoms with Crippen molar-refractivity contribution < 1.29 is 14.5 Å². The minimum absolute atomic E-state index is 0. The van der Waals surface area contributed by atoms with Crippen molar-refractivity contribution in [2.45, 2.75) is 6.42 Å². The summed E-state index contributed by atoms with van der Waals surface area (Å²) < 4.78 is 5.25. The Kier molecular flexibility index (Phi) is 7.73. The van der Waals surface area contributed by atoms with E-state index in [-0.39, 0.29) is 23.9 Å². The molecule has 0 atom stereocenters. The lowest BCUT2D eigenvalue weighted by molar-refractivity contribution is -0.384. The van der Waals surface area contributed by atoms with Crippen LogP contribution in [0.5, 0.6) is 0 Å². The first-order valence-electron chi connectivity index (χ1n) is 6.90. The van der Waals surface area contributed by atoms with Gasteiger partial charge in [-0.1, -0.05) is 6.08 Å². The highest BCUT2D eigenvalue weighted by atomic mass is 35.5. The number of ketones is 1. The summed E-state index contributed by atoms with van der Waals surface area (Å²) in [6.45, 7) is 3.95. The monoisotopic (exact) mass is 326 g/mol. The first kappa shape index (κ1) is 18.3. The predicted octanol–water partition coefficient (Wildman–Crippen LogP) is 2.32. The second kappa shape index (κ2) is 9.30. The van der Waals surface area contributed by atoms with Crippen molar-refractivity contribution in [2.75, 3.05) is 32.8 Å². The van der Waals surface area contributed by atoms with Crippen LogP contribution in [0.4, 0.5) is 5.69 Å². The summed E-state index contributed by atoms with van der Waals surface area (Å²) in [4.78, 5) is 24.1. The van der Waals surface area contributed by atoms with Crippen LogP contribution in [0.2, 0.25) is 0 Å². The molecule has 6 nitrogen and oxygen atoms in total. The van der Waals surface area contributed by atoms with Crippen molar-refractivity contribution in [1.29, 1.82) is 0 Å². The number of allylic oxidation sites excluding steroid dienone is 1. The largest absolute Gasteiger partial charge is 0.379 e. The molecule has 0 aliphatic carbocycles. The number of hydrogen-bond donors (Lipinski definition) is 0. The SMILES string of the molecule is Cl.O=C(/C=C/c1ccc([N+](=O)[O-])cc1)CCN1CCOCC1. The summed E-state index contributed by atoms with van der Waals surface area (Å²) in [6.07, 6.45) is 3.69. The number of nitro benzene ring substituents is 1. The Morgan fingerprint density at radius 3 is 2.50 bits per heavy atom. The number of nitrogens with zero attached hydrogens (tertiary/aromatic N) is 2. The quantitative estimate of drug-likeness (QED) is 0.456. The fraction of sp³-hybridized carbons (Fsp3) is 0.400. The van der Waals surface area contributed by atoms with Gasteiger partial charge in [-0.15, -0.1) is 12.4 Å². The van der Waals surface area contributed by atoms with Crippen LogP contribution < -0.4 is 0 Å². The molecule has 1 heterocycles. The lowest BCUT2D eigenvalue weighted by atomic mass is 10.1. The Bertz CT molecular complexity index is 525. The zero-order valence-corrected chi connectivity index (χ0v) is 13.0. The van der Waals surface area contributed by atoms with Crippen LogP contribution in [-0.4, -0.2) is 48.5 Å². The van der Waals surface area contributed by atoms with Gasteiger partial charge in [0.1, 0.15) is 0 Å². The number of ether oxygens (including phenoxy) is 1. The molecule has 0 radical (unpaired) electrons. The smallest absolute Gasteiger partial charge is 0.269 e. The topological polar surface area (TPSA) is 72.7 Å². The Hall–Kier alpha value is -1.76. The van der Waals surface area contributed by atoms with Gasteiger partial charge < -0.3 is 4.74 Å². The second-order valence-corrected chi connectivity index (χ2v) is 4.85. The van der Waals surface area contributed by atoms with E-state index >= 15 is 0 Å². The molecule has 7 heteroatoms. The van der Waals surface area contributed by atoms with E-state index in [4.69, 9.17) is 4.74 Å². The van der Waals surface area contributed by atoms with Crippen molar-refractivity contribution in [3.05, 3.63) is 46.0 Å². The number of rotatable bonds is 6. The number of hydrogen-bond acceptors (Lipinski definition) is 5. The lowest BCUT2D eigenvalue weighted by Gasteiger charge is -2.25. The zero-order valence-electron chi connectivity index (χ0n) is 12.1. The minimum atomic E-state index is -0.443. The second-order valence-electron chi connectivity index (χ2n) is 4.85. The average Bonchev–Trinajstić information content (AvgIpc) is 2.52. The third kappa shape index (κ3) is 5.93. The van der Waals surface area contributed by atoms with Gasteiger partial charge in [-0.05, 0) is 23.8 Å². The molecule has 0 amide bonds. The molecule has 1 saturated heterocycles. The van der Waals surface area contributed by atoms with Crippen LogP contribution in [0.25, 0.3) is 6.08 Å². The molecule has 1 aromatic rings. The average molecular weight is 327 g/mol. The van der Waals surface area contributed by atoms with Gasteiger partial charge in [0.05, 0.1) is 18.1 Å². The highest BCUT2D eigenvalue weighted by Gasteiger charge is 2.10. The van der Waals surface area contributed by atoms with Crippen LogP contribution in [0, 0.1) is 10.1 Å². The van der Waals surface area contributed by atoms with Gasteiger partial charge in [0.15, 0.2) is 5.78 Å². The molecule has 0 N–H and O–H groups in total. The molecule has 1 aromatic carbocycles. The lowest BCUT2D eigenvalue weighted by Crippen LogP contribution is -2.37.